The van der Waals surface area contributed by atoms with Crippen LogP contribution in [0.2, 0.25) is 0 Å². The van der Waals surface area contributed by atoms with Gasteiger partial charge in [-0.3, -0.25) is 4.98 Å². The molecule has 10 rings (SSSR count). The van der Waals surface area contributed by atoms with Gasteiger partial charge in [0.1, 0.15) is 0 Å². The van der Waals surface area contributed by atoms with Crippen molar-refractivity contribution in [2.75, 3.05) is 0 Å². The van der Waals surface area contributed by atoms with Gasteiger partial charge < -0.3 is 0 Å². The zero-order valence-electron chi connectivity index (χ0n) is 31.7. The smallest absolute Gasteiger partial charge is 0.160 e. The monoisotopic (exact) mass is 729 g/mol. The number of aliphatic imine (C=N–C) groups is 2. The van der Waals surface area contributed by atoms with E-state index >= 15 is 0 Å². The second-order valence-electron chi connectivity index (χ2n) is 14.8. The zero-order valence-corrected chi connectivity index (χ0v) is 31.7. The fourth-order valence-electron chi connectivity index (χ4n) is 8.24. The van der Waals surface area contributed by atoms with Gasteiger partial charge >= 0.3 is 0 Å². The molecule has 270 valence electrons. The van der Waals surface area contributed by atoms with Crippen molar-refractivity contribution in [1.82, 2.24) is 4.98 Å². The molecule has 0 bridgehead atoms. The number of hydrogen-bond acceptors (Lipinski definition) is 3. The number of rotatable bonds is 6. The minimum atomic E-state index is 0.713. The third-order valence-corrected chi connectivity index (χ3v) is 11.3. The summed E-state index contributed by atoms with van der Waals surface area (Å²) in [5, 5.41) is 7.32. The van der Waals surface area contributed by atoms with E-state index in [4.69, 9.17) is 9.98 Å². The maximum atomic E-state index is 5.47. The molecule has 1 aromatic heterocycles. The van der Waals surface area contributed by atoms with E-state index < -0.39 is 0 Å². The highest BCUT2D eigenvalue weighted by Crippen LogP contribution is 2.36. The average molecular weight is 730 g/mol. The lowest BCUT2D eigenvalue weighted by molar-refractivity contribution is 1.00. The van der Waals surface area contributed by atoms with Gasteiger partial charge in [-0.15, -0.1) is 0 Å². The van der Waals surface area contributed by atoms with Gasteiger partial charge in [0.2, 0.25) is 0 Å². The van der Waals surface area contributed by atoms with Gasteiger partial charge in [0.05, 0.1) is 11.4 Å². The van der Waals surface area contributed by atoms with Crippen molar-refractivity contribution in [2.24, 2.45) is 9.98 Å². The number of aromatic nitrogens is 1. The lowest BCUT2D eigenvalue weighted by Gasteiger charge is -2.18. The molecule has 0 radical (unpaired) electrons. The Kier molecular flexibility index (Phi) is 8.89. The van der Waals surface area contributed by atoms with Gasteiger partial charge in [0.15, 0.2) is 5.84 Å². The van der Waals surface area contributed by atoms with E-state index in [1.807, 2.05) is 12.4 Å². The summed E-state index contributed by atoms with van der Waals surface area (Å²) < 4.78 is 0. The maximum Gasteiger partial charge on any atom is 0.160 e. The Labute approximate surface area is 333 Å². The second kappa shape index (κ2) is 14.8. The fourth-order valence-corrected chi connectivity index (χ4v) is 8.24. The number of hydrogen-bond donors (Lipinski definition) is 0. The van der Waals surface area contributed by atoms with E-state index in [0.717, 1.165) is 51.9 Å². The summed E-state index contributed by atoms with van der Waals surface area (Å²) in [4.78, 5) is 15.3. The molecule has 0 unspecified atom stereocenters. The molecule has 0 amide bonds. The summed E-state index contributed by atoms with van der Waals surface area (Å²) in [5.74, 6) is 0.713. The molecule has 8 aromatic carbocycles. The normalized spacial score (nSPS) is 14.6. The SMILES string of the molecule is C/C1=C(/c2ccc(-c3ccccc3)cc2)N=C(c2ccc(-c3ccc4ccc5ccc6cnccc6c5c4c3)cc2)N=C(c2ccccc2-c2ccccc2)CC1. The standard InChI is InChI=1S/C54H39N3/c1-36-16-31-51(49-15-9-8-14-47(49)40-12-6-3-7-13-40)56-54(57-53(36)43-25-17-38(18-26-43)37-10-4-2-5-11-37)44-27-19-39(20-28-44)45-29-22-41-21-23-42-24-30-46-35-55-33-32-48(46)52(42)50(41)34-45/h2-15,17-30,32-35H,16,31H2,1H3/b53-36+,56-51?,57-54?. The molecule has 9 aromatic rings. The van der Waals surface area contributed by atoms with Crippen LogP contribution in [0.4, 0.5) is 0 Å². The van der Waals surface area contributed by atoms with Gasteiger partial charge in [-0.1, -0.05) is 170 Å². The number of fused-ring (bicyclic) bond motifs is 5. The largest absolute Gasteiger partial charge is 0.264 e. The van der Waals surface area contributed by atoms with Crippen LogP contribution in [-0.4, -0.2) is 16.5 Å². The predicted molar refractivity (Wildman–Crippen MR) is 241 cm³/mol. The molecule has 0 aliphatic carbocycles. The number of amidine groups is 1. The summed E-state index contributed by atoms with van der Waals surface area (Å²) in [6.07, 6.45) is 5.49. The molecule has 0 atom stereocenters. The van der Waals surface area contributed by atoms with E-state index in [-0.39, 0.29) is 0 Å². The van der Waals surface area contributed by atoms with Crippen LogP contribution in [0.25, 0.3) is 71.4 Å². The van der Waals surface area contributed by atoms with Crippen molar-refractivity contribution in [3.05, 3.63) is 217 Å². The van der Waals surface area contributed by atoms with Crippen LogP contribution in [0.15, 0.2) is 210 Å². The summed E-state index contributed by atoms with van der Waals surface area (Å²) in [6.45, 7) is 2.22. The van der Waals surface area contributed by atoms with E-state index in [2.05, 4.69) is 194 Å². The van der Waals surface area contributed by atoms with E-state index in [1.165, 1.54) is 60.3 Å². The Balaban J connectivity index is 1.08. The number of pyridine rings is 1. The summed E-state index contributed by atoms with van der Waals surface area (Å²) in [5.41, 5.74) is 13.5. The molecule has 57 heavy (non-hydrogen) atoms. The number of nitrogens with zero attached hydrogens (tertiary/aromatic N) is 3. The molecule has 0 N–H and O–H groups in total. The quantitative estimate of drug-likeness (QED) is 0.157. The first kappa shape index (κ1) is 34.3. The Morgan fingerprint density at radius 2 is 0.965 bits per heavy atom. The van der Waals surface area contributed by atoms with Crippen LogP contribution in [-0.2, 0) is 0 Å². The highest BCUT2D eigenvalue weighted by Gasteiger charge is 2.19. The topological polar surface area (TPSA) is 37.6 Å². The predicted octanol–water partition coefficient (Wildman–Crippen LogP) is 14.0. The van der Waals surface area contributed by atoms with Crippen LogP contribution in [0.1, 0.15) is 36.5 Å². The molecule has 0 saturated heterocycles. The van der Waals surface area contributed by atoms with Gasteiger partial charge in [0.25, 0.3) is 0 Å². The zero-order chi connectivity index (χ0) is 38.1. The Morgan fingerprint density at radius 1 is 0.404 bits per heavy atom. The third-order valence-electron chi connectivity index (χ3n) is 11.3. The number of benzene rings is 8. The molecule has 3 nitrogen and oxygen atoms in total. The molecule has 0 fully saturated rings. The molecule has 0 spiro atoms. The highest BCUT2D eigenvalue weighted by molar-refractivity contribution is 6.21. The average Bonchev–Trinajstić information content (AvgIpc) is 3.28. The molecule has 3 heteroatoms. The van der Waals surface area contributed by atoms with Gasteiger partial charge in [-0.25, -0.2) is 9.98 Å². The fraction of sp³-hybridized carbons (Fsp3) is 0.0556. The van der Waals surface area contributed by atoms with Crippen LogP contribution >= 0.6 is 0 Å². The van der Waals surface area contributed by atoms with Crippen molar-refractivity contribution in [3.63, 3.8) is 0 Å². The summed E-state index contributed by atoms with van der Waals surface area (Å²) in [6, 6.07) is 65.1. The number of allylic oxidation sites excluding steroid dienone is 1. The van der Waals surface area contributed by atoms with E-state index in [9.17, 15) is 0 Å². The first-order valence-electron chi connectivity index (χ1n) is 19.6. The molecule has 1 aliphatic rings. The third kappa shape index (κ3) is 6.64. The lowest BCUT2D eigenvalue weighted by atomic mass is 9.92. The minimum Gasteiger partial charge on any atom is -0.264 e. The van der Waals surface area contributed by atoms with Crippen LogP contribution in [0, 0.1) is 0 Å². The minimum absolute atomic E-state index is 0.713. The van der Waals surface area contributed by atoms with Crippen LogP contribution in [0.5, 0.6) is 0 Å². The van der Waals surface area contributed by atoms with Crippen LogP contribution < -0.4 is 0 Å². The Bertz CT molecular complexity index is 3020. The lowest BCUT2D eigenvalue weighted by Crippen LogP contribution is -2.11. The Hall–Kier alpha value is -7.23. The van der Waals surface area contributed by atoms with Gasteiger partial charge in [0, 0.05) is 34.5 Å². The maximum absolute atomic E-state index is 5.47. The second-order valence-corrected chi connectivity index (χ2v) is 14.8. The van der Waals surface area contributed by atoms with Crippen molar-refractivity contribution < 1.29 is 0 Å². The van der Waals surface area contributed by atoms with Gasteiger partial charge in [-0.05, 0) is 97.8 Å². The van der Waals surface area contributed by atoms with Crippen molar-refractivity contribution in [1.29, 1.82) is 0 Å². The van der Waals surface area contributed by atoms with E-state index in [0.29, 0.717) is 5.84 Å². The Morgan fingerprint density at radius 3 is 1.72 bits per heavy atom. The van der Waals surface area contributed by atoms with Crippen molar-refractivity contribution >= 4 is 49.6 Å². The first-order valence-corrected chi connectivity index (χ1v) is 19.6. The molecular formula is C54H39N3. The van der Waals surface area contributed by atoms with Crippen LogP contribution in [0.3, 0.4) is 0 Å². The van der Waals surface area contributed by atoms with Crippen molar-refractivity contribution in [2.45, 2.75) is 19.8 Å². The molecule has 2 heterocycles. The highest BCUT2D eigenvalue weighted by atomic mass is 14.9. The van der Waals surface area contributed by atoms with Crippen molar-refractivity contribution in [3.8, 4) is 33.4 Å². The van der Waals surface area contributed by atoms with Gasteiger partial charge in [-0.2, -0.15) is 0 Å². The first-order chi connectivity index (χ1) is 28.2. The van der Waals surface area contributed by atoms with E-state index in [1.54, 1.807) is 0 Å². The molecule has 1 aliphatic heterocycles. The molecular weight excluding hydrogens is 691 g/mol. The summed E-state index contributed by atoms with van der Waals surface area (Å²) in [7, 11) is 0. The molecule has 0 saturated carbocycles. The summed E-state index contributed by atoms with van der Waals surface area (Å²) >= 11 is 0.